The molecule has 2 amide bonds. The van der Waals surface area contributed by atoms with E-state index in [1.165, 1.54) is 0 Å². The second kappa shape index (κ2) is 7.51. The fourth-order valence-corrected chi connectivity index (χ4v) is 3.39. The fourth-order valence-electron chi connectivity index (χ4n) is 3.39. The lowest BCUT2D eigenvalue weighted by atomic mass is 9.94. The van der Waals surface area contributed by atoms with Gasteiger partial charge < -0.3 is 14.5 Å². The van der Waals surface area contributed by atoms with E-state index in [0.29, 0.717) is 12.6 Å². The van der Waals surface area contributed by atoms with Crippen molar-refractivity contribution in [2.24, 2.45) is 5.41 Å². The van der Waals surface area contributed by atoms with Gasteiger partial charge in [0.1, 0.15) is 0 Å². The summed E-state index contributed by atoms with van der Waals surface area (Å²) in [6.07, 6.45) is 1.80. The van der Waals surface area contributed by atoms with E-state index in [9.17, 15) is 9.59 Å². The fraction of sp³-hybridized carbons (Fsp3) is 0.882. The second-order valence-corrected chi connectivity index (χ2v) is 7.50. The Kier molecular flexibility index (Phi) is 5.89. The molecule has 0 saturated carbocycles. The molecule has 2 aliphatic rings. The van der Waals surface area contributed by atoms with Gasteiger partial charge in [-0.2, -0.15) is 0 Å². The minimum absolute atomic E-state index is 0.188. The van der Waals surface area contributed by atoms with Gasteiger partial charge in [0.25, 0.3) is 0 Å². The van der Waals surface area contributed by atoms with Gasteiger partial charge in [0.2, 0.25) is 5.91 Å². The van der Waals surface area contributed by atoms with Crippen LogP contribution in [0, 0.1) is 5.41 Å². The third-order valence-electron chi connectivity index (χ3n) is 4.75. The Morgan fingerprint density at radius 2 is 1.52 bits per heavy atom. The number of piperazine rings is 1. The Labute approximate surface area is 139 Å². The van der Waals surface area contributed by atoms with Crippen molar-refractivity contribution in [3.8, 4) is 0 Å². The number of amides is 2. The number of carbonyl (C=O) groups excluding carboxylic acids is 2. The highest BCUT2D eigenvalue weighted by Crippen LogP contribution is 2.22. The minimum atomic E-state index is -0.298. The monoisotopic (exact) mass is 325 g/mol. The molecule has 132 valence electrons. The zero-order valence-corrected chi connectivity index (χ0v) is 15.0. The molecule has 6 heteroatoms. The van der Waals surface area contributed by atoms with Crippen LogP contribution in [-0.2, 0) is 9.53 Å². The van der Waals surface area contributed by atoms with Crippen molar-refractivity contribution >= 4 is 12.0 Å². The van der Waals surface area contributed by atoms with Crippen LogP contribution in [-0.4, -0.2) is 78.6 Å². The van der Waals surface area contributed by atoms with Gasteiger partial charge >= 0.3 is 6.09 Å². The summed E-state index contributed by atoms with van der Waals surface area (Å²) in [5.41, 5.74) is -0.298. The van der Waals surface area contributed by atoms with Crippen LogP contribution in [0.2, 0.25) is 0 Å². The van der Waals surface area contributed by atoms with Crippen LogP contribution < -0.4 is 0 Å². The average Bonchev–Trinajstić information content (AvgIpc) is 2.54. The number of likely N-dealkylation sites (tertiary alicyclic amines) is 1. The van der Waals surface area contributed by atoms with Gasteiger partial charge in [0.05, 0.1) is 6.61 Å². The smallest absolute Gasteiger partial charge is 0.409 e. The van der Waals surface area contributed by atoms with Crippen molar-refractivity contribution in [3.63, 3.8) is 0 Å². The van der Waals surface area contributed by atoms with Crippen LogP contribution in [0.3, 0.4) is 0 Å². The molecule has 6 nitrogen and oxygen atoms in total. The van der Waals surface area contributed by atoms with Gasteiger partial charge in [-0.25, -0.2) is 4.79 Å². The summed E-state index contributed by atoms with van der Waals surface area (Å²) >= 11 is 0. The molecule has 0 N–H and O–H groups in total. The Morgan fingerprint density at radius 1 is 0.957 bits per heavy atom. The first kappa shape index (κ1) is 18.0. The average molecular weight is 325 g/mol. The molecule has 2 saturated heterocycles. The third-order valence-corrected chi connectivity index (χ3v) is 4.75. The molecule has 0 aromatic carbocycles. The Bertz CT molecular complexity index is 417. The third kappa shape index (κ3) is 4.59. The quantitative estimate of drug-likeness (QED) is 0.777. The van der Waals surface area contributed by atoms with E-state index >= 15 is 0 Å². The van der Waals surface area contributed by atoms with E-state index in [0.717, 1.165) is 52.1 Å². The maximum atomic E-state index is 12.3. The predicted octanol–water partition coefficient (Wildman–Crippen LogP) is 1.80. The van der Waals surface area contributed by atoms with Gasteiger partial charge in [-0.15, -0.1) is 0 Å². The van der Waals surface area contributed by atoms with E-state index in [1.54, 1.807) is 4.90 Å². The molecule has 0 bridgehead atoms. The lowest BCUT2D eigenvalue weighted by Gasteiger charge is -2.43. The summed E-state index contributed by atoms with van der Waals surface area (Å²) in [4.78, 5) is 30.3. The van der Waals surface area contributed by atoms with Crippen LogP contribution in [0.25, 0.3) is 0 Å². The highest BCUT2D eigenvalue weighted by atomic mass is 16.6. The zero-order valence-electron chi connectivity index (χ0n) is 15.0. The summed E-state index contributed by atoms with van der Waals surface area (Å²) in [5, 5.41) is 0. The molecule has 2 fully saturated rings. The number of carbonyl (C=O) groups is 2. The van der Waals surface area contributed by atoms with Gasteiger partial charge in [0, 0.05) is 50.7 Å². The number of rotatable bonds is 2. The predicted molar refractivity (Wildman–Crippen MR) is 89.2 cm³/mol. The molecule has 2 rings (SSSR count). The molecule has 0 unspecified atom stereocenters. The number of piperidine rings is 1. The SMILES string of the molecule is CCOC(=O)N1CCC(N2CCN(C(=O)C(C)(C)C)CC2)CC1. The van der Waals surface area contributed by atoms with Crippen molar-refractivity contribution in [1.29, 1.82) is 0 Å². The maximum Gasteiger partial charge on any atom is 0.409 e. The summed E-state index contributed by atoms with van der Waals surface area (Å²) in [5.74, 6) is 0.245. The standard InChI is InChI=1S/C17H31N3O3/c1-5-23-16(22)20-8-6-14(7-9-20)18-10-12-19(13-11-18)15(21)17(2,3)4/h14H,5-13H2,1-4H3. The zero-order chi connectivity index (χ0) is 17.0. The molecule has 0 atom stereocenters. The van der Waals surface area contributed by atoms with Crippen molar-refractivity contribution < 1.29 is 14.3 Å². The Hall–Kier alpha value is -1.30. The minimum Gasteiger partial charge on any atom is -0.450 e. The van der Waals surface area contributed by atoms with E-state index in [4.69, 9.17) is 4.74 Å². The van der Waals surface area contributed by atoms with Gasteiger partial charge in [-0.3, -0.25) is 9.69 Å². The Morgan fingerprint density at radius 3 is 2.00 bits per heavy atom. The molecule has 0 radical (unpaired) electrons. The highest BCUT2D eigenvalue weighted by Gasteiger charge is 2.33. The summed E-state index contributed by atoms with van der Waals surface area (Å²) in [7, 11) is 0. The number of nitrogens with zero attached hydrogens (tertiary/aromatic N) is 3. The van der Waals surface area contributed by atoms with Crippen LogP contribution in [0.4, 0.5) is 4.79 Å². The van der Waals surface area contributed by atoms with E-state index in [2.05, 4.69) is 4.90 Å². The van der Waals surface area contributed by atoms with Gasteiger partial charge in [-0.05, 0) is 19.8 Å². The second-order valence-electron chi connectivity index (χ2n) is 7.50. The maximum absolute atomic E-state index is 12.3. The molecule has 0 aliphatic carbocycles. The molecule has 2 aliphatic heterocycles. The lowest BCUT2D eigenvalue weighted by molar-refractivity contribution is -0.141. The first-order valence-electron chi connectivity index (χ1n) is 8.78. The molecule has 0 aromatic rings. The Balaban J connectivity index is 1.77. The molecular formula is C17H31N3O3. The van der Waals surface area contributed by atoms with Crippen LogP contribution in [0.15, 0.2) is 0 Å². The summed E-state index contributed by atoms with van der Waals surface area (Å²) in [6.45, 7) is 13.2. The number of ether oxygens (including phenoxy) is 1. The topological polar surface area (TPSA) is 53.1 Å². The van der Waals surface area contributed by atoms with Gasteiger partial charge in [0.15, 0.2) is 0 Å². The summed E-state index contributed by atoms with van der Waals surface area (Å²) in [6, 6.07) is 0.521. The molecule has 0 aromatic heterocycles. The molecule has 23 heavy (non-hydrogen) atoms. The molecule has 0 spiro atoms. The van der Waals surface area contributed by atoms with E-state index in [-0.39, 0.29) is 17.4 Å². The van der Waals surface area contributed by atoms with E-state index < -0.39 is 0 Å². The number of hydrogen-bond donors (Lipinski definition) is 0. The summed E-state index contributed by atoms with van der Waals surface area (Å²) < 4.78 is 5.06. The highest BCUT2D eigenvalue weighted by molar-refractivity contribution is 5.81. The van der Waals surface area contributed by atoms with Crippen LogP contribution >= 0.6 is 0 Å². The lowest BCUT2D eigenvalue weighted by Crippen LogP contribution is -2.56. The van der Waals surface area contributed by atoms with Crippen molar-refractivity contribution in [2.45, 2.75) is 46.6 Å². The van der Waals surface area contributed by atoms with Crippen LogP contribution in [0.5, 0.6) is 0 Å². The largest absolute Gasteiger partial charge is 0.450 e. The first-order chi connectivity index (χ1) is 10.8. The number of hydrogen-bond acceptors (Lipinski definition) is 4. The van der Waals surface area contributed by atoms with Crippen molar-refractivity contribution in [1.82, 2.24) is 14.7 Å². The molecule has 2 heterocycles. The van der Waals surface area contributed by atoms with Gasteiger partial charge in [-0.1, -0.05) is 20.8 Å². The van der Waals surface area contributed by atoms with Crippen LogP contribution in [0.1, 0.15) is 40.5 Å². The first-order valence-corrected chi connectivity index (χ1v) is 8.78. The normalized spacial score (nSPS) is 21.4. The van der Waals surface area contributed by atoms with Crippen molar-refractivity contribution in [3.05, 3.63) is 0 Å². The van der Waals surface area contributed by atoms with E-state index in [1.807, 2.05) is 32.6 Å². The van der Waals surface area contributed by atoms with Crippen molar-refractivity contribution in [2.75, 3.05) is 45.9 Å². The molecular weight excluding hydrogens is 294 g/mol.